The van der Waals surface area contributed by atoms with Crippen molar-refractivity contribution in [2.45, 2.75) is 35.8 Å². The Hall–Kier alpha value is -3.27. The fourth-order valence-electron chi connectivity index (χ4n) is 4.22. The molecule has 11 heteroatoms. The summed E-state index contributed by atoms with van der Waals surface area (Å²) >= 11 is 0. The van der Waals surface area contributed by atoms with Crippen LogP contribution >= 0.6 is 0 Å². The lowest BCUT2D eigenvalue weighted by Crippen LogP contribution is -2.50. The first kappa shape index (κ1) is 28.7. The zero-order chi connectivity index (χ0) is 28.2. The van der Waals surface area contributed by atoms with Crippen molar-refractivity contribution in [3.05, 3.63) is 84.2 Å². The zero-order valence-corrected chi connectivity index (χ0v) is 23.6. The minimum absolute atomic E-state index is 0.0217. The van der Waals surface area contributed by atoms with Crippen LogP contribution in [0, 0.1) is 17.8 Å². The molecule has 0 bridgehead atoms. The lowest BCUT2D eigenvalue weighted by Gasteiger charge is -2.37. The normalized spacial score (nSPS) is 20.0. The molecule has 1 aliphatic rings. The molecule has 0 saturated carbocycles. The summed E-state index contributed by atoms with van der Waals surface area (Å²) in [5, 5.41) is 9.83. The van der Waals surface area contributed by atoms with E-state index in [9.17, 15) is 21.9 Å². The number of hydrogen-bond acceptors (Lipinski definition) is 7. The third-order valence-corrected chi connectivity index (χ3v) is 10.4. The summed E-state index contributed by atoms with van der Waals surface area (Å²) in [5.74, 6) is 5.70. The second-order valence-corrected chi connectivity index (χ2v) is 13.4. The molecule has 0 spiro atoms. The number of pyridine rings is 1. The molecule has 0 fully saturated rings. The Morgan fingerprint density at radius 2 is 1.77 bits per heavy atom. The molecule has 4 rings (SSSR count). The number of fused-ring (bicyclic) bond motifs is 1. The standard InChI is InChI=1S/C28H31N3O6S2/c1-21-18-31(22(2)20-32)39(35,36)28-12-11-24(10-9-23-13-15-29-16-14-23)17-26(28)37-27(21)19-30(3)38(33,34)25-7-5-4-6-8-25/h4-8,11-17,21-22,27,32H,18-20H2,1-3H3/t21-,22-,27-/m1/s1. The van der Waals surface area contributed by atoms with E-state index in [2.05, 4.69) is 16.8 Å². The quantitative estimate of drug-likeness (QED) is 0.454. The van der Waals surface area contributed by atoms with Crippen molar-refractivity contribution >= 4 is 20.0 Å². The maximum atomic E-state index is 13.7. The number of rotatable bonds is 6. The van der Waals surface area contributed by atoms with Crippen LogP contribution in [0.1, 0.15) is 25.0 Å². The van der Waals surface area contributed by atoms with Gasteiger partial charge < -0.3 is 9.84 Å². The molecule has 0 aliphatic carbocycles. The molecule has 1 aliphatic heterocycles. The van der Waals surface area contributed by atoms with Gasteiger partial charge in [-0.2, -0.15) is 8.61 Å². The summed E-state index contributed by atoms with van der Waals surface area (Å²) < 4.78 is 62.5. The van der Waals surface area contributed by atoms with E-state index in [1.165, 1.54) is 33.9 Å². The first-order valence-corrected chi connectivity index (χ1v) is 15.3. The Balaban J connectivity index is 1.75. The Morgan fingerprint density at radius 3 is 2.44 bits per heavy atom. The lowest BCUT2D eigenvalue weighted by molar-refractivity contribution is 0.0904. The number of sulfonamides is 2. The number of benzene rings is 2. The summed E-state index contributed by atoms with van der Waals surface area (Å²) in [7, 11) is -6.37. The molecule has 0 saturated heterocycles. The van der Waals surface area contributed by atoms with Gasteiger partial charge in [0.05, 0.1) is 18.0 Å². The molecule has 2 aromatic carbocycles. The Bertz CT molecular complexity index is 1570. The van der Waals surface area contributed by atoms with Crippen LogP contribution in [0.5, 0.6) is 5.75 Å². The third-order valence-electron chi connectivity index (χ3n) is 6.59. The summed E-state index contributed by atoms with van der Waals surface area (Å²) in [6.07, 6.45) is 2.56. The predicted molar refractivity (Wildman–Crippen MR) is 147 cm³/mol. The van der Waals surface area contributed by atoms with Crippen LogP contribution in [0.3, 0.4) is 0 Å². The van der Waals surface area contributed by atoms with Gasteiger partial charge in [0.1, 0.15) is 16.7 Å². The maximum absolute atomic E-state index is 13.7. The van der Waals surface area contributed by atoms with Crippen LogP contribution in [-0.4, -0.2) is 74.4 Å². The maximum Gasteiger partial charge on any atom is 0.247 e. The van der Waals surface area contributed by atoms with Crippen LogP contribution in [-0.2, 0) is 20.0 Å². The fourth-order valence-corrected chi connectivity index (χ4v) is 7.25. The molecule has 0 amide bonds. The summed E-state index contributed by atoms with van der Waals surface area (Å²) in [5.41, 5.74) is 1.27. The fraction of sp³-hybridized carbons (Fsp3) is 0.321. The van der Waals surface area contributed by atoms with Crippen molar-refractivity contribution in [1.29, 1.82) is 0 Å². The van der Waals surface area contributed by atoms with Crippen molar-refractivity contribution in [2.24, 2.45) is 5.92 Å². The van der Waals surface area contributed by atoms with Gasteiger partial charge in [0, 0.05) is 49.1 Å². The number of aliphatic hydroxyl groups excluding tert-OH is 1. The first-order valence-electron chi connectivity index (χ1n) is 12.4. The van der Waals surface area contributed by atoms with Crippen LogP contribution in [0.15, 0.2) is 82.8 Å². The number of ether oxygens (including phenoxy) is 1. The van der Waals surface area contributed by atoms with Crippen LogP contribution in [0.2, 0.25) is 0 Å². The van der Waals surface area contributed by atoms with Gasteiger partial charge in [-0.1, -0.05) is 37.0 Å². The smallest absolute Gasteiger partial charge is 0.247 e. The number of aliphatic hydroxyl groups is 1. The first-order chi connectivity index (χ1) is 18.5. The summed E-state index contributed by atoms with van der Waals surface area (Å²) in [4.78, 5) is 4.06. The average molecular weight is 570 g/mol. The van der Waals surface area contributed by atoms with Crippen molar-refractivity contribution in [2.75, 3.05) is 26.7 Å². The summed E-state index contributed by atoms with van der Waals surface area (Å²) in [6, 6.07) is 15.5. The van der Waals surface area contributed by atoms with Crippen molar-refractivity contribution in [1.82, 2.24) is 13.6 Å². The van der Waals surface area contributed by atoms with E-state index >= 15 is 0 Å². The highest BCUT2D eigenvalue weighted by Crippen LogP contribution is 2.34. The van der Waals surface area contributed by atoms with Crippen LogP contribution in [0.4, 0.5) is 0 Å². The lowest BCUT2D eigenvalue weighted by atomic mass is 10.0. The van der Waals surface area contributed by atoms with Crippen LogP contribution < -0.4 is 4.74 Å². The molecule has 2 heterocycles. The van der Waals surface area contributed by atoms with Gasteiger partial charge >= 0.3 is 0 Å². The topological polar surface area (TPSA) is 117 Å². The van der Waals surface area contributed by atoms with Gasteiger partial charge in [0.2, 0.25) is 20.0 Å². The van der Waals surface area contributed by atoms with Gasteiger partial charge in [-0.15, -0.1) is 0 Å². The molecule has 206 valence electrons. The molecule has 3 aromatic rings. The molecule has 9 nitrogen and oxygen atoms in total. The molecule has 3 atom stereocenters. The Kier molecular flexibility index (Phi) is 8.73. The molecule has 1 N–H and O–H groups in total. The summed E-state index contributed by atoms with van der Waals surface area (Å²) in [6.45, 7) is 3.08. The molecule has 1 aromatic heterocycles. The van der Waals surface area contributed by atoms with Gasteiger partial charge in [0.15, 0.2) is 0 Å². The van der Waals surface area contributed by atoms with E-state index in [0.717, 1.165) is 5.56 Å². The van der Waals surface area contributed by atoms with Gasteiger partial charge in [0.25, 0.3) is 0 Å². The van der Waals surface area contributed by atoms with E-state index in [-0.39, 0.29) is 35.2 Å². The number of aromatic nitrogens is 1. The second kappa shape index (κ2) is 11.9. The molecule has 0 unspecified atom stereocenters. The molecule has 39 heavy (non-hydrogen) atoms. The predicted octanol–water partition coefficient (Wildman–Crippen LogP) is 2.57. The SMILES string of the molecule is C[C@@H]1CN([C@H](C)CO)S(=O)(=O)c2ccc(C#Cc3ccncc3)cc2O[C@@H]1CN(C)S(=O)(=O)c1ccccc1. The number of likely N-dealkylation sites (N-methyl/N-ethyl adjacent to an activating group) is 1. The minimum Gasteiger partial charge on any atom is -0.487 e. The van der Waals surface area contributed by atoms with Crippen molar-refractivity contribution in [3.8, 4) is 17.6 Å². The average Bonchev–Trinajstić information content (AvgIpc) is 2.94. The van der Waals surface area contributed by atoms with E-state index in [0.29, 0.717) is 5.56 Å². The highest BCUT2D eigenvalue weighted by molar-refractivity contribution is 7.89. The minimum atomic E-state index is -4.03. The highest BCUT2D eigenvalue weighted by Gasteiger charge is 2.39. The van der Waals surface area contributed by atoms with E-state index in [1.807, 2.05) is 0 Å². The molecular weight excluding hydrogens is 538 g/mol. The highest BCUT2D eigenvalue weighted by atomic mass is 32.2. The van der Waals surface area contributed by atoms with Gasteiger partial charge in [-0.3, -0.25) is 4.98 Å². The van der Waals surface area contributed by atoms with Crippen molar-refractivity contribution < 1.29 is 26.7 Å². The van der Waals surface area contributed by atoms with Crippen molar-refractivity contribution in [3.63, 3.8) is 0 Å². The second-order valence-electron chi connectivity index (χ2n) is 9.49. The largest absolute Gasteiger partial charge is 0.487 e. The zero-order valence-electron chi connectivity index (χ0n) is 21.9. The van der Waals surface area contributed by atoms with E-state index < -0.39 is 38.1 Å². The molecular formula is C28H31N3O6S2. The van der Waals surface area contributed by atoms with E-state index in [1.54, 1.807) is 68.7 Å². The van der Waals surface area contributed by atoms with Gasteiger partial charge in [-0.25, -0.2) is 16.8 Å². The number of hydrogen-bond donors (Lipinski definition) is 1. The number of nitrogens with zero attached hydrogens (tertiary/aromatic N) is 3. The van der Waals surface area contributed by atoms with Gasteiger partial charge in [-0.05, 0) is 49.4 Å². The van der Waals surface area contributed by atoms with Crippen LogP contribution in [0.25, 0.3) is 0 Å². The molecule has 0 radical (unpaired) electrons. The Labute approximate surface area is 230 Å². The monoisotopic (exact) mass is 569 g/mol. The third kappa shape index (κ3) is 6.32. The van der Waals surface area contributed by atoms with E-state index in [4.69, 9.17) is 4.74 Å². The Morgan fingerprint density at radius 1 is 1.10 bits per heavy atom.